The molecule has 0 spiro atoms. The lowest BCUT2D eigenvalue weighted by molar-refractivity contribution is -0.136. The number of H-pyrrole nitrogens is 1. The van der Waals surface area contributed by atoms with Crippen molar-refractivity contribution in [2.75, 3.05) is 20.6 Å². The molecule has 14 heavy (non-hydrogen) atoms. The van der Waals surface area contributed by atoms with E-state index in [2.05, 4.69) is 14.9 Å². The Morgan fingerprint density at radius 1 is 1.64 bits per heavy atom. The number of aromatic amines is 1. The van der Waals surface area contributed by atoms with Gasteiger partial charge < -0.3 is 15.0 Å². The van der Waals surface area contributed by atoms with E-state index in [1.807, 2.05) is 14.1 Å². The standard InChI is InChI=1S/C9H15N3O2/c1-12(2)4-3-7-6-10-8(11-7)5-9(13)14/h6H,3-5H2,1-2H3,(H,10,11)(H,13,14). The molecule has 0 fully saturated rings. The van der Waals surface area contributed by atoms with Crippen LogP contribution in [0.2, 0.25) is 0 Å². The van der Waals surface area contributed by atoms with E-state index < -0.39 is 5.97 Å². The van der Waals surface area contributed by atoms with E-state index in [1.54, 1.807) is 6.20 Å². The summed E-state index contributed by atoms with van der Waals surface area (Å²) in [5, 5.41) is 8.53. The molecule has 78 valence electrons. The van der Waals surface area contributed by atoms with Crippen LogP contribution < -0.4 is 0 Å². The number of rotatable bonds is 5. The van der Waals surface area contributed by atoms with Crippen molar-refractivity contribution in [3.8, 4) is 0 Å². The molecule has 2 N–H and O–H groups in total. The quantitative estimate of drug-likeness (QED) is 0.704. The lowest BCUT2D eigenvalue weighted by Crippen LogP contribution is -2.15. The van der Waals surface area contributed by atoms with Crippen molar-refractivity contribution in [1.29, 1.82) is 0 Å². The summed E-state index contributed by atoms with van der Waals surface area (Å²) in [6.45, 7) is 0.925. The van der Waals surface area contributed by atoms with Crippen molar-refractivity contribution >= 4 is 5.97 Å². The topological polar surface area (TPSA) is 69.2 Å². The minimum absolute atomic E-state index is 0.0397. The smallest absolute Gasteiger partial charge is 0.311 e. The van der Waals surface area contributed by atoms with E-state index in [9.17, 15) is 4.79 Å². The second-order valence-corrected chi connectivity index (χ2v) is 3.48. The molecule has 0 atom stereocenters. The van der Waals surface area contributed by atoms with Gasteiger partial charge in [0.1, 0.15) is 12.2 Å². The summed E-state index contributed by atoms with van der Waals surface area (Å²) in [4.78, 5) is 19.4. The van der Waals surface area contributed by atoms with Gasteiger partial charge in [-0.25, -0.2) is 4.98 Å². The molecular formula is C9H15N3O2. The van der Waals surface area contributed by atoms with E-state index in [0.29, 0.717) is 5.82 Å². The van der Waals surface area contributed by atoms with Crippen LogP contribution in [0.25, 0.3) is 0 Å². The molecule has 1 aromatic rings. The molecule has 0 saturated carbocycles. The Morgan fingerprint density at radius 2 is 2.36 bits per heavy atom. The molecule has 1 rings (SSSR count). The van der Waals surface area contributed by atoms with E-state index in [1.165, 1.54) is 0 Å². The Hall–Kier alpha value is -1.36. The number of imidazole rings is 1. The average Bonchev–Trinajstić information content (AvgIpc) is 2.47. The van der Waals surface area contributed by atoms with Gasteiger partial charge in [-0.15, -0.1) is 0 Å². The van der Waals surface area contributed by atoms with Crippen LogP contribution in [0, 0.1) is 0 Å². The third kappa shape index (κ3) is 3.57. The molecule has 1 aromatic heterocycles. The Morgan fingerprint density at radius 3 is 2.93 bits per heavy atom. The van der Waals surface area contributed by atoms with Gasteiger partial charge in [0.15, 0.2) is 0 Å². The van der Waals surface area contributed by atoms with Gasteiger partial charge in [0.25, 0.3) is 0 Å². The number of carboxylic acids is 1. The molecule has 5 nitrogen and oxygen atoms in total. The third-order valence-electron chi connectivity index (χ3n) is 1.83. The highest BCUT2D eigenvalue weighted by Gasteiger charge is 2.04. The highest BCUT2D eigenvalue weighted by Crippen LogP contribution is 1.99. The van der Waals surface area contributed by atoms with Gasteiger partial charge in [0.2, 0.25) is 0 Å². The van der Waals surface area contributed by atoms with E-state index in [-0.39, 0.29) is 6.42 Å². The first-order valence-corrected chi connectivity index (χ1v) is 4.47. The van der Waals surface area contributed by atoms with Crippen molar-refractivity contribution in [1.82, 2.24) is 14.9 Å². The highest BCUT2D eigenvalue weighted by molar-refractivity contribution is 5.68. The second kappa shape index (κ2) is 4.76. The largest absolute Gasteiger partial charge is 0.481 e. The number of aliphatic carboxylic acids is 1. The number of carboxylic acid groups (broad SMARTS) is 1. The lowest BCUT2D eigenvalue weighted by atomic mass is 10.3. The molecule has 0 amide bonds. The maximum absolute atomic E-state index is 10.4. The van der Waals surface area contributed by atoms with Crippen LogP contribution in [0.15, 0.2) is 6.20 Å². The number of likely N-dealkylation sites (N-methyl/N-ethyl adjacent to an activating group) is 1. The molecule has 0 bridgehead atoms. The van der Waals surface area contributed by atoms with Crippen molar-refractivity contribution < 1.29 is 9.90 Å². The molecule has 0 unspecified atom stereocenters. The Balaban J connectivity index is 2.46. The number of hydrogen-bond acceptors (Lipinski definition) is 3. The van der Waals surface area contributed by atoms with Crippen LogP contribution in [0.5, 0.6) is 0 Å². The van der Waals surface area contributed by atoms with E-state index >= 15 is 0 Å². The fourth-order valence-corrected chi connectivity index (χ4v) is 1.11. The predicted octanol–water partition coefficient (Wildman–Crippen LogP) is 0.141. The first-order chi connectivity index (χ1) is 6.58. The van der Waals surface area contributed by atoms with Gasteiger partial charge in [0, 0.05) is 24.9 Å². The van der Waals surface area contributed by atoms with Crippen molar-refractivity contribution in [2.24, 2.45) is 0 Å². The average molecular weight is 197 g/mol. The normalized spacial score (nSPS) is 10.8. The van der Waals surface area contributed by atoms with Gasteiger partial charge in [-0.2, -0.15) is 0 Å². The molecule has 0 saturated heterocycles. The summed E-state index contributed by atoms with van der Waals surface area (Å²) in [5.74, 6) is -0.343. The van der Waals surface area contributed by atoms with Gasteiger partial charge in [-0.3, -0.25) is 4.79 Å². The summed E-state index contributed by atoms with van der Waals surface area (Å²) in [6.07, 6.45) is 2.52. The summed E-state index contributed by atoms with van der Waals surface area (Å²) in [7, 11) is 3.99. The highest BCUT2D eigenvalue weighted by atomic mass is 16.4. The van der Waals surface area contributed by atoms with Crippen LogP contribution in [-0.4, -0.2) is 46.6 Å². The summed E-state index contributed by atoms with van der Waals surface area (Å²) >= 11 is 0. The first-order valence-electron chi connectivity index (χ1n) is 4.47. The Labute approximate surface area is 82.8 Å². The summed E-state index contributed by atoms with van der Waals surface area (Å²) in [6, 6.07) is 0. The fraction of sp³-hybridized carbons (Fsp3) is 0.556. The molecule has 0 aliphatic carbocycles. The second-order valence-electron chi connectivity index (χ2n) is 3.48. The lowest BCUT2D eigenvalue weighted by Gasteiger charge is -2.06. The maximum atomic E-state index is 10.4. The van der Waals surface area contributed by atoms with Crippen LogP contribution in [0.1, 0.15) is 11.5 Å². The SMILES string of the molecule is CN(C)CCc1cnc(CC(=O)O)[nH]1. The molecule has 0 aromatic carbocycles. The van der Waals surface area contributed by atoms with Gasteiger partial charge in [0.05, 0.1) is 0 Å². The van der Waals surface area contributed by atoms with Gasteiger partial charge >= 0.3 is 5.97 Å². The van der Waals surface area contributed by atoms with Gasteiger partial charge in [-0.1, -0.05) is 0 Å². The molecule has 1 heterocycles. The Kier molecular flexibility index (Phi) is 3.64. The number of hydrogen-bond donors (Lipinski definition) is 2. The molecular weight excluding hydrogens is 182 g/mol. The molecule has 0 aliphatic heterocycles. The molecule has 5 heteroatoms. The monoisotopic (exact) mass is 197 g/mol. The van der Waals surface area contributed by atoms with E-state index in [0.717, 1.165) is 18.7 Å². The Bertz CT molecular complexity index is 307. The van der Waals surface area contributed by atoms with Crippen LogP contribution in [-0.2, 0) is 17.6 Å². The first kappa shape index (κ1) is 10.7. The van der Waals surface area contributed by atoms with Crippen molar-refractivity contribution in [3.63, 3.8) is 0 Å². The molecule has 0 radical (unpaired) electrons. The predicted molar refractivity (Wildman–Crippen MR) is 52.2 cm³/mol. The van der Waals surface area contributed by atoms with Gasteiger partial charge in [-0.05, 0) is 14.1 Å². The number of nitrogens with zero attached hydrogens (tertiary/aromatic N) is 2. The van der Waals surface area contributed by atoms with E-state index in [4.69, 9.17) is 5.11 Å². The summed E-state index contributed by atoms with van der Waals surface area (Å²) in [5.41, 5.74) is 0.981. The fourth-order valence-electron chi connectivity index (χ4n) is 1.11. The number of nitrogens with one attached hydrogen (secondary N) is 1. The minimum atomic E-state index is -0.862. The zero-order chi connectivity index (χ0) is 10.6. The minimum Gasteiger partial charge on any atom is -0.481 e. The zero-order valence-electron chi connectivity index (χ0n) is 8.45. The van der Waals surface area contributed by atoms with Crippen molar-refractivity contribution in [3.05, 3.63) is 17.7 Å². The van der Waals surface area contributed by atoms with Crippen LogP contribution in [0.3, 0.4) is 0 Å². The third-order valence-corrected chi connectivity index (χ3v) is 1.83. The number of aromatic nitrogens is 2. The zero-order valence-corrected chi connectivity index (χ0v) is 8.45. The van der Waals surface area contributed by atoms with Crippen LogP contribution >= 0.6 is 0 Å². The summed E-state index contributed by atoms with van der Waals surface area (Å²) < 4.78 is 0. The molecule has 0 aliphatic rings. The number of carbonyl (C=O) groups is 1. The van der Waals surface area contributed by atoms with Crippen molar-refractivity contribution in [2.45, 2.75) is 12.8 Å². The maximum Gasteiger partial charge on any atom is 0.311 e. The van der Waals surface area contributed by atoms with Crippen LogP contribution in [0.4, 0.5) is 0 Å².